The van der Waals surface area contributed by atoms with E-state index in [9.17, 15) is 9.18 Å². The number of rotatable bonds is 7. The van der Waals surface area contributed by atoms with Gasteiger partial charge >= 0.3 is 0 Å². The van der Waals surface area contributed by atoms with E-state index >= 15 is 0 Å². The molecule has 1 N–H and O–H groups in total. The van der Waals surface area contributed by atoms with Gasteiger partial charge in [-0.1, -0.05) is 12.1 Å². The summed E-state index contributed by atoms with van der Waals surface area (Å²) in [7, 11) is 1.41. The molecule has 2 aromatic rings. The lowest BCUT2D eigenvalue weighted by Gasteiger charge is -2.13. The third kappa shape index (κ3) is 4.72. The molecule has 1 aliphatic rings. The molecule has 132 valence electrons. The monoisotopic (exact) mass is 407 g/mol. The van der Waals surface area contributed by atoms with Crippen LogP contribution in [0.4, 0.5) is 4.39 Å². The highest BCUT2D eigenvalue weighted by Gasteiger charge is 2.31. The molecule has 1 fully saturated rings. The van der Waals surface area contributed by atoms with Crippen LogP contribution in [0.2, 0.25) is 0 Å². The Morgan fingerprint density at radius 1 is 1.32 bits per heavy atom. The van der Waals surface area contributed by atoms with Gasteiger partial charge in [0.1, 0.15) is 5.75 Å². The van der Waals surface area contributed by atoms with Crippen LogP contribution < -0.4 is 14.8 Å². The van der Waals surface area contributed by atoms with Crippen molar-refractivity contribution in [3.8, 4) is 11.5 Å². The molecule has 0 spiro atoms. The predicted molar refractivity (Wildman–Crippen MR) is 96.6 cm³/mol. The second kappa shape index (κ2) is 7.87. The average molecular weight is 408 g/mol. The lowest BCUT2D eigenvalue weighted by Crippen LogP contribution is -2.23. The van der Waals surface area contributed by atoms with Gasteiger partial charge in [-0.15, -0.1) is 0 Å². The molecule has 0 radical (unpaired) electrons. The quantitative estimate of drug-likeness (QED) is 0.696. The van der Waals surface area contributed by atoms with Gasteiger partial charge in [0.15, 0.2) is 16.6 Å². The highest BCUT2D eigenvalue weighted by atomic mass is 79.9. The standard InChI is InChI=1S/C19H19BrFNO3/c1-24-17-8-5-12(9-16(17)21)11-22-19(23)14-3-2-4-15(10-14)25-18(20)13-6-7-13/h2-5,8-10,13,18H,6-7,11H2,1H3,(H,22,23). The van der Waals surface area contributed by atoms with E-state index in [4.69, 9.17) is 9.47 Å². The van der Waals surface area contributed by atoms with Crippen molar-refractivity contribution < 1.29 is 18.7 Å². The predicted octanol–water partition coefficient (Wildman–Crippen LogP) is 4.27. The number of alkyl halides is 1. The second-order valence-electron chi connectivity index (χ2n) is 5.99. The molecule has 0 bridgehead atoms. The maximum Gasteiger partial charge on any atom is 0.251 e. The Labute approximate surface area is 154 Å². The fourth-order valence-electron chi connectivity index (χ4n) is 2.40. The van der Waals surface area contributed by atoms with Gasteiger partial charge in [-0.3, -0.25) is 4.79 Å². The number of ether oxygens (including phenoxy) is 2. The number of methoxy groups -OCH3 is 1. The molecule has 6 heteroatoms. The fourth-order valence-corrected chi connectivity index (χ4v) is 3.14. The van der Waals surface area contributed by atoms with Crippen LogP contribution in [0.3, 0.4) is 0 Å². The van der Waals surface area contributed by atoms with Gasteiger partial charge in [-0.25, -0.2) is 4.39 Å². The Morgan fingerprint density at radius 3 is 2.80 bits per heavy atom. The first-order valence-electron chi connectivity index (χ1n) is 8.08. The molecule has 1 amide bonds. The van der Waals surface area contributed by atoms with Crippen LogP contribution in [0, 0.1) is 11.7 Å². The van der Waals surface area contributed by atoms with Gasteiger partial charge in [0, 0.05) is 18.0 Å². The minimum absolute atomic E-state index is 0.0203. The highest BCUT2D eigenvalue weighted by Crippen LogP contribution is 2.37. The molecule has 0 saturated heterocycles. The van der Waals surface area contributed by atoms with E-state index in [1.54, 1.807) is 30.3 Å². The number of carbonyl (C=O) groups excluding carboxylic acids is 1. The van der Waals surface area contributed by atoms with E-state index in [2.05, 4.69) is 21.2 Å². The summed E-state index contributed by atoms with van der Waals surface area (Å²) < 4.78 is 24.4. The summed E-state index contributed by atoms with van der Waals surface area (Å²) >= 11 is 3.51. The maximum absolute atomic E-state index is 13.7. The summed E-state index contributed by atoms with van der Waals surface area (Å²) in [6.45, 7) is 0.230. The van der Waals surface area contributed by atoms with Crippen LogP contribution in [0.25, 0.3) is 0 Å². The maximum atomic E-state index is 13.7. The Bertz CT molecular complexity index is 764. The Kier molecular flexibility index (Phi) is 5.58. The summed E-state index contributed by atoms with van der Waals surface area (Å²) in [4.78, 5) is 12.3. The van der Waals surface area contributed by atoms with Crippen LogP contribution in [-0.4, -0.2) is 18.0 Å². The lowest BCUT2D eigenvalue weighted by molar-refractivity contribution is 0.0950. The molecule has 0 aromatic heterocycles. The van der Waals surface area contributed by atoms with E-state index in [-0.39, 0.29) is 23.2 Å². The van der Waals surface area contributed by atoms with Crippen molar-refractivity contribution in [2.45, 2.75) is 24.4 Å². The topological polar surface area (TPSA) is 47.6 Å². The molecular weight excluding hydrogens is 389 g/mol. The Balaban J connectivity index is 1.60. The second-order valence-corrected chi connectivity index (χ2v) is 6.89. The lowest BCUT2D eigenvalue weighted by atomic mass is 10.1. The Hall–Kier alpha value is -2.08. The van der Waals surface area contributed by atoms with Crippen molar-refractivity contribution >= 4 is 21.8 Å². The molecule has 4 nitrogen and oxygen atoms in total. The SMILES string of the molecule is COc1ccc(CNC(=O)c2cccc(OC(Br)C3CC3)c2)cc1F. The average Bonchev–Trinajstić information content (AvgIpc) is 3.45. The summed E-state index contributed by atoms with van der Waals surface area (Å²) in [6, 6.07) is 11.6. The van der Waals surface area contributed by atoms with Crippen molar-refractivity contribution in [2.24, 2.45) is 5.92 Å². The number of nitrogens with one attached hydrogen (secondary N) is 1. The number of carbonyl (C=O) groups is 1. The summed E-state index contributed by atoms with van der Waals surface area (Å²) in [5.74, 6) is 0.687. The van der Waals surface area contributed by atoms with Crippen molar-refractivity contribution in [2.75, 3.05) is 7.11 Å². The molecular formula is C19H19BrFNO3. The van der Waals surface area contributed by atoms with Crippen molar-refractivity contribution in [1.82, 2.24) is 5.32 Å². The van der Waals surface area contributed by atoms with Gasteiger partial charge in [0.2, 0.25) is 0 Å². The van der Waals surface area contributed by atoms with Crippen LogP contribution in [0.1, 0.15) is 28.8 Å². The fraction of sp³-hybridized carbons (Fsp3) is 0.316. The van der Waals surface area contributed by atoms with Crippen LogP contribution in [-0.2, 0) is 6.54 Å². The van der Waals surface area contributed by atoms with E-state index in [0.717, 1.165) is 12.8 Å². The number of benzene rings is 2. The molecule has 1 saturated carbocycles. The third-order valence-corrected chi connectivity index (χ3v) is 4.94. The van der Waals surface area contributed by atoms with Gasteiger partial charge in [-0.05, 0) is 64.7 Å². The molecule has 25 heavy (non-hydrogen) atoms. The number of hydrogen-bond acceptors (Lipinski definition) is 3. The first-order valence-corrected chi connectivity index (χ1v) is 9.00. The van der Waals surface area contributed by atoms with Crippen molar-refractivity contribution in [3.63, 3.8) is 0 Å². The molecule has 0 aliphatic heterocycles. The molecule has 1 atom stereocenters. The highest BCUT2D eigenvalue weighted by molar-refractivity contribution is 9.09. The van der Waals surface area contributed by atoms with Gasteiger partial charge in [-0.2, -0.15) is 0 Å². The third-order valence-electron chi connectivity index (χ3n) is 4.01. The number of hydrogen-bond donors (Lipinski definition) is 1. The zero-order chi connectivity index (χ0) is 17.8. The summed E-state index contributed by atoms with van der Waals surface area (Å²) in [5, 5.41) is 2.76. The Morgan fingerprint density at radius 2 is 2.12 bits per heavy atom. The van der Waals surface area contributed by atoms with Crippen molar-refractivity contribution in [3.05, 3.63) is 59.4 Å². The zero-order valence-corrected chi connectivity index (χ0v) is 15.4. The number of halogens is 2. The van der Waals surface area contributed by atoms with E-state index in [1.165, 1.54) is 13.2 Å². The van der Waals surface area contributed by atoms with Gasteiger partial charge in [0.25, 0.3) is 5.91 Å². The van der Waals surface area contributed by atoms with Crippen molar-refractivity contribution in [1.29, 1.82) is 0 Å². The normalized spacial score (nSPS) is 14.7. The van der Waals surface area contributed by atoms with Crippen LogP contribution in [0.15, 0.2) is 42.5 Å². The first-order chi connectivity index (χ1) is 12.1. The first kappa shape index (κ1) is 17.7. The summed E-state index contributed by atoms with van der Waals surface area (Å²) in [6.07, 6.45) is 2.32. The minimum Gasteiger partial charge on any atom is -0.494 e. The van der Waals surface area contributed by atoms with Crippen LogP contribution in [0.5, 0.6) is 11.5 Å². The molecule has 0 heterocycles. The molecule has 2 aromatic carbocycles. The molecule has 1 unspecified atom stereocenters. The van der Waals surface area contributed by atoms with Gasteiger partial charge in [0.05, 0.1) is 7.11 Å². The van der Waals surface area contributed by atoms with E-state index in [1.807, 2.05) is 6.07 Å². The smallest absolute Gasteiger partial charge is 0.251 e. The minimum atomic E-state index is -0.451. The summed E-state index contributed by atoms with van der Waals surface area (Å²) in [5.41, 5.74) is 1.16. The molecule has 1 aliphatic carbocycles. The zero-order valence-electron chi connectivity index (χ0n) is 13.8. The largest absolute Gasteiger partial charge is 0.494 e. The number of amides is 1. The van der Waals surface area contributed by atoms with E-state index < -0.39 is 5.82 Å². The van der Waals surface area contributed by atoms with Crippen LogP contribution >= 0.6 is 15.9 Å². The molecule has 3 rings (SSSR count). The van der Waals surface area contributed by atoms with Gasteiger partial charge < -0.3 is 14.8 Å². The van der Waals surface area contributed by atoms with E-state index in [0.29, 0.717) is 22.8 Å².